The molecule has 0 spiro atoms. The van der Waals surface area contributed by atoms with Crippen LogP contribution in [0.4, 0.5) is 0 Å². The molecular formula is C16H18N2O. The van der Waals surface area contributed by atoms with Gasteiger partial charge in [0.25, 0.3) is 0 Å². The van der Waals surface area contributed by atoms with Gasteiger partial charge in [0.2, 0.25) is 5.91 Å². The van der Waals surface area contributed by atoms with Crippen LogP contribution in [-0.4, -0.2) is 23.9 Å². The van der Waals surface area contributed by atoms with Gasteiger partial charge in [0.1, 0.15) is 5.92 Å². The summed E-state index contributed by atoms with van der Waals surface area (Å²) in [4.78, 5) is 14.1. The molecule has 1 aliphatic rings. The highest BCUT2D eigenvalue weighted by Gasteiger charge is 2.25. The summed E-state index contributed by atoms with van der Waals surface area (Å²) in [6, 6.07) is 11.9. The number of carbonyl (C=O) groups is 1. The molecule has 2 rings (SSSR count). The molecule has 1 atom stereocenters. The lowest BCUT2D eigenvalue weighted by Crippen LogP contribution is -2.39. The van der Waals surface area contributed by atoms with Crippen LogP contribution < -0.4 is 0 Å². The number of nitriles is 1. The lowest BCUT2D eigenvalue weighted by molar-refractivity contribution is -0.133. The van der Waals surface area contributed by atoms with Crippen molar-refractivity contribution in [3.63, 3.8) is 0 Å². The first-order valence-corrected chi connectivity index (χ1v) is 6.58. The van der Waals surface area contributed by atoms with E-state index < -0.39 is 5.92 Å². The Kier molecular flexibility index (Phi) is 4.35. The molecule has 0 saturated carbocycles. The van der Waals surface area contributed by atoms with Crippen LogP contribution >= 0.6 is 0 Å². The summed E-state index contributed by atoms with van der Waals surface area (Å²) in [6.07, 6.45) is 3.48. The minimum atomic E-state index is -0.575. The van der Waals surface area contributed by atoms with E-state index in [-0.39, 0.29) is 5.91 Å². The average molecular weight is 254 g/mol. The molecule has 0 fully saturated rings. The molecule has 0 N–H and O–H groups in total. The summed E-state index contributed by atoms with van der Waals surface area (Å²) in [5.74, 6) is -0.621. The normalized spacial score (nSPS) is 16.4. The largest absolute Gasteiger partial charge is 0.338 e. The third kappa shape index (κ3) is 3.45. The molecule has 1 amide bonds. The fourth-order valence-electron chi connectivity index (χ4n) is 2.23. The molecule has 19 heavy (non-hydrogen) atoms. The fraction of sp³-hybridized carbons (Fsp3) is 0.375. The molecule has 1 aliphatic heterocycles. The second-order valence-electron chi connectivity index (χ2n) is 4.96. The molecule has 1 unspecified atom stereocenters. The van der Waals surface area contributed by atoms with Crippen molar-refractivity contribution < 1.29 is 4.79 Å². The predicted octanol–water partition coefficient (Wildman–Crippen LogP) is 2.55. The quantitative estimate of drug-likeness (QED) is 0.778. The van der Waals surface area contributed by atoms with Gasteiger partial charge < -0.3 is 4.90 Å². The van der Waals surface area contributed by atoms with Crippen molar-refractivity contribution in [3.8, 4) is 6.07 Å². The summed E-state index contributed by atoms with van der Waals surface area (Å²) in [6.45, 7) is 3.44. The summed E-state index contributed by atoms with van der Waals surface area (Å²) < 4.78 is 0. The molecule has 3 heteroatoms. The SMILES string of the molecule is CC1=CCN(C(=O)C(C#N)Cc2ccccc2)CC1. The van der Waals surface area contributed by atoms with Crippen LogP contribution in [0.15, 0.2) is 42.0 Å². The van der Waals surface area contributed by atoms with Gasteiger partial charge in [0.15, 0.2) is 0 Å². The molecule has 0 bridgehead atoms. The molecule has 0 saturated heterocycles. The van der Waals surface area contributed by atoms with Crippen LogP contribution in [0.25, 0.3) is 0 Å². The molecular weight excluding hydrogens is 236 g/mol. The van der Waals surface area contributed by atoms with Crippen LogP contribution in [0.3, 0.4) is 0 Å². The van der Waals surface area contributed by atoms with Gasteiger partial charge in [-0.2, -0.15) is 5.26 Å². The van der Waals surface area contributed by atoms with E-state index in [2.05, 4.69) is 19.1 Å². The van der Waals surface area contributed by atoms with Crippen molar-refractivity contribution in [2.24, 2.45) is 5.92 Å². The van der Waals surface area contributed by atoms with Gasteiger partial charge in [-0.1, -0.05) is 42.0 Å². The van der Waals surface area contributed by atoms with Gasteiger partial charge >= 0.3 is 0 Å². The van der Waals surface area contributed by atoms with E-state index in [0.717, 1.165) is 18.5 Å². The number of carbonyl (C=O) groups excluding carboxylic acids is 1. The van der Waals surface area contributed by atoms with Gasteiger partial charge in [-0.15, -0.1) is 0 Å². The Morgan fingerprint density at radius 1 is 1.42 bits per heavy atom. The second kappa shape index (κ2) is 6.19. The molecule has 98 valence electrons. The van der Waals surface area contributed by atoms with E-state index in [1.165, 1.54) is 5.57 Å². The van der Waals surface area contributed by atoms with Crippen LogP contribution in [-0.2, 0) is 11.2 Å². The number of hydrogen-bond acceptors (Lipinski definition) is 2. The third-order valence-electron chi connectivity index (χ3n) is 3.48. The zero-order valence-electron chi connectivity index (χ0n) is 11.2. The summed E-state index contributed by atoms with van der Waals surface area (Å²) in [5.41, 5.74) is 2.35. The maximum Gasteiger partial charge on any atom is 0.240 e. The predicted molar refractivity (Wildman–Crippen MR) is 74.2 cm³/mol. The first kappa shape index (κ1) is 13.4. The zero-order valence-corrected chi connectivity index (χ0v) is 11.2. The highest BCUT2D eigenvalue weighted by atomic mass is 16.2. The van der Waals surface area contributed by atoms with Gasteiger partial charge in [-0.3, -0.25) is 4.79 Å². The minimum Gasteiger partial charge on any atom is -0.338 e. The minimum absolute atomic E-state index is 0.0462. The Balaban J connectivity index is 2.02. The van der Waals surface area contributed by atoms with Crippen molar-refractivity contribution in [3.05, 3.63) is 47.5 Å². The van der Waals surface area contributed by atoms with Gasteiger partial charge in [-0.05, 0) is 25.3 Å². The lowest BCUT2D eigenvalue weighted by Gasteiger charge is -2.27. The van der Waals surface area contributed by atoms with Gasteiger partial charge in [-0.25, -0.2) is 0 Å². The number of nitrogens with zero attached hydrogens (tertiary/aromatic N) is 2. The van der Waals surface area contributed by atoms with Crippen LogP contribution in [0.5, 0.6) is 0 Å². The first-order valence-electron chi connectivity index (χ1n) is 6.58. The number of rotatable bonds is 3. The molecule has 3 nitrogen and oxygen atoms in total. The lowest BCUT2D eigenvalue weighted by atomic mass is 9.98. The molecule has 0 radical (unpaired) electrons. The van der Waals surface area contributed by atoms with Crippen molar-refractivity contribution in [1.82, 2.24) is 4.90 Å². The summed E-state index contributed by atoms with van der Waals surface area (Å²) in [7, 11) is 0. The van der Waals surface area contributed by atoms with Gasteiger partial charge in [0.05, 0.1) is 6.07 Å². The Morgan fingerprint density at radius 2 is 2.16 bits per heavy atom. The molecule has 1 aromatic rings. The zero-order chi connectivity index (χ0) is 13.7. The Bertz CT molecular complexity index is 513. The van der Waals surface area contributed by atoms with Crippen LogP contribution in [0, 0.1) is 17.2 Å². The Morgan fingerprint density at radius 3 is 2.74 bits per heavy atom. The van der Waals surface area contributed by atoms with Gasteiger partial charge in [0, 0.05) is 13.1 Å². The molecule has 0 aliphatic carbocycles. The molecule has 1 aromatic carbocycles. The van der Waals surface area contributed by atoms with Crippen molar-refractivity contribution >= 4 is 5.91 Å². The van der Waals surface area contributed by atoms with E-state index >= 15 is 0 Å². The Hall–Kier alpha value is -2.08. The average Bonchev–Trinajstić information content (AvgIpc) is 2.46. The fourth-order valence-corrected chi connectivity index (χ4v) is 2.23. The third-order valence-corrected chi connectivity index (χ3v) is 3.48. The summed E-state index contributed by atoms with van der Waals surface area (Å²) in [5, 5.41) is 9.23. The number of hydrogen-bond donors (Lipinski definition) is 0. The van der Waals surface area contributed by atoms with Crippen molar-refractivity contribution in [1.29, 1.82) is 5.26 Å². The molecule has 1 heterocycles. The van der Waals surface area contributed by atoms with E-state index in [9.17, 15) is 10.1 Å². The maximum atomic E-state index is 12.3. The molecule has 0 aromatic heterocycles. The smallest absolute Gasteiger partial charge is 0.240 e. The van der Waals surface area contributed by atoms with E-state index in [4.69, 9.17) is 0 Å². The summed E-state index contributed by atoms with van der Waals surface area (Å²) >= 11 is 0. The van der Waals surface area contributed by atoms with E-state index in [1.54, 1.807) is 4.90 Å². The maximum absolute atomic E-state index is 12.3. The highest BCUT2D eigenvalue weighted by Crippen LogP contribution is 2.15. The van der Waals surface area contributed by atoms with Crippen molar-refractivity contribution in [2.75, 3.05) is 13.1 Å². The van der Waals surface area contributed by atoms with E-state index in [1.807, 2.05) is 30.3 Å². The number of benzene rings is 1. The first-order chi connectivity index (χ1) is 9.20. The van der Waals surface area contributed by atoms with E-state index in [0.29, 0.717) is 13.0 Å². The van der Waals surface area contributed by atoms with Crippen LogP contribution in [0.1, 0.15) is 18.9 Å². The monoisotopic (exact) mass is 254 g/mol. The Labute approximate surface area is 114 Å². The topological polar surface area (TPSA) is 44.1 Å². The number of amides is 1. The second-order valence-corrected chi connectivity index (χ2v) is 4.96. The standard InChI is InChI=1S/C16H18N2O/c1-13-7-9-18(10-8-13)16(19)15(12-17)11-14-5-3-2-4-6-14/h2-7,15H,8-11H2,1H3. The van der Waals surface area contributed by atoms with Crippen molar-refractivity contribution in [2.45, 2.75) is 19.8 Å². The highest BCUT2D eigenvalue weighted by molar-refractivity contribution is 5.81. The van der Waals surface area contributed by atoms with Crippen LogP contribution in [0.2, 0.25) is 0 Å².